The predicted octanol–water partition coefficient (Wildman–Crippen LogP) is 0.937. The highest BCUT2D eigenvalue weighted by Crippen LogP contribution is 2.50. The maximum absolute atomic E-state index is 8.06. The summed E-state index contributed by atoms with van der Waals surface area (Å²) in [7, 11) is 0.427. The molecule has 0 saturated carbocycles. The maximum atomic E-state index is 8.06. The summed E-state index contributed by atoms with van der Waals surface area (Å²) >= 11 is 0. The number of allylic oxidation sites excluding steroid dienone is 2. The van der Waals surface area contributed by atoms with E-state index in [0.717, 1.165) is 0 Å². The van der Waals surface area contributed by atoms with Crippen molar-refractivity contribution in [1.29, 1.82) is 10.5 Å². The quantitative estimate of drug-likeness (QED) is 0.433. The minimum atomic E-state index is 0.427. The standard InChI is InChI=1S/C4HN2P/c5-1-3-4(2-6)7-3/h7H. The van der Waals surface area contributed by atoms with Gasteiger partial charge in [-0.15, -0.1) is 0 Å². The third kappa shape index (κ3) is 0.610. The Bertz CT molecular complexity index is 181. The Hall–Kier alpha value is -0.850. The Morgan fingerprint density at radius 3 is 1.71 bits per heavy atom. The molecule has 32 valence electrons. The lowest BCUT2D eigenvalue weighted by atomic mass is 10.6. The van der Waals surface area contributed by atoms with Crippen LogP contribution in [0.4, 0.5) is 0 Å². The van der Waals surface area contributed by atoms with E-state index in [1.165, 1.54) is 0 Å². The number of hydrogen-bond donors (Lipinski definition) is 0. The molecule has 0 amide bonds. The molecule has 1 aliphatic heterocycles. The lowest BCUT2D eigenvalue weighted by Gasteiger charge is -1.43. The molecule has 0 radical (unpaired) electrons. The summed E-state index contributed by atoms with van der Waals surface area (Å²) in [4.78, 5) is 0. The van der Waals surface area contributed by atoms with Gasteiger partial charge in [0.25, 0.3) is 0 Å². The lowest BCUT2D eigenvalue weighted by Crippen LogP contribution is -1.40. The highest BCUT2D eigenvalue weighted by Gasteiger charge is 2.19. The Morgan fingerprint density at radius 1 is 1.14 bits per heavy atom. The van der Waals surface area contributed by atoms with Crippen LogP contribution in [0.5, 0.6) is 0 Å². The van der Waals surface area contributed by atoms with Crippen LogP contribution >= 0.6 is 8.58 Å². The molecule has 0 spiro atoms. The molecule has 0 aromatic heterocycles. The number of nitrogens with zero attached hydrogens (tertiary/aromatic N) is 2. The van der Waals surface area contributed by atoms with E-state index in [9.17, 15) is 0 Å². The van der Waals surface area contributed by atoms with Crippen molar-refractivity contribution in [2.45, 2.75) is 0 Å². The second-order valence-electron chi connectivity index (χ2n) is 1.10. The topological polar surface area (TPSA) is 47.6 Å². The van der Waals surface area contributed by atoms with Gasteiger partial charge in [0, 0.05) is 0 Å². The first-order chi connectivity index (χ1) is 3.38. The normalized spacial score (nSPS) is 15.1. The van der Waals surface area contributed by atoms with Crippen LogP contribution in [0.2, 0.25) is 0 Å². The van der Waals surface area contributed by atoms with Gasteiger partial charge in [0.15, 0.2) is 0 Å². The zero-order valence-corrected chi connectivity index (χ0v) is 4.39. The van der Waals surface area contributed by atoms with Gasteiger partial charge in [-0.2, -0.15) is 10.5 Å². The van der Waals surface area contributed by atoms with E-state index in [-0.39, 0.29) is 0 Å². The van der Waals surface area contributed by atoms with Gasteiger partial charge >= 0.3 is 0 Å². The van der Waals surface area contributed by atoms with E-state index in [2.05, 4.69) is 0 Å². The molecule has 0 N–H and O–H groups in total. The fourth-order valence-corrected chi connectivity index (χ4v) is 0.673. The highest BCUT2D eigenvalue weighted by molar-refractivity contribution is 7.57. The number of nitriles is 2. The van der Waals surface area contributed by atoms with Crippen LogP contribution in [0.1, 0.15) is 0 Å². The van der Waals surface area contributed by atoms with E-state index in [4.69, 9.17) is 10.5 Å². The van der Waals surface area contributed by atoms with Gasteiger partial charge in [0.2, 0.25) is 0 Å². The second kappa shape index (κ2) is 1.34. The lowest BCUT2D eigenvalue weighted by molar-refractivity contribution is 1.52. The molecule has 0 aromatic rings. The summed E-state index contributed by atoms with van der Waals surface area (Å²) in [5.41, 5.74) is 0. The molecule has 1 rings (SSSR count). The maximum Gasteiger partial charge on any atom is 0.101 e. The Morgan fingerprint density at radius 2 is 1.57 bits per heavy atom. The van der Waals surface area contributed by atoms with Crippen molar-refractivity contribution in [3.8, 4) is 12.1 Å². The molecule has 2 nitrogen and oxygen atoms in total. The van der Waals surface area contributed by atoms with Crippen molar-refractivity contribution < 1.29 is 0 Å². The predicted molar refractivity (Wildman–Crippen MR) is 26.6 cm³/mol. The molecule has 7 heavy (non-hydrogen) atoms. The van der Waals surface area contributed by atoms with Crippen molar-refractivity contribution >= 4 is 8.58 Å². The van der Waals surface area contributed by atoms with E-state index in [0.29, 0.717) is 19.2 Å². The summed E-state index contributed by atoms with van der Waals surface area (Å²) in [6.45, 7) is 0. The summed E-state index contributed by atoms with van der Waals surface area (Å²) in [5, 5.41) is 17.5. The molecule has 0 fully saturated rings. The summed E-state index contributed by atoms with van der Waals surface area (Å²) < 4.78 is 0. The molecule has 0 aromatic carbocycles. The van der Waals surface area contributed by atoms with Crippen LogP contribution in [0, 0.1) is 22.7 Å². The minimum Gasteiger partial charge on any atom is -0.192 e. The Balaban J connectivity index is 2.75. The van der Waals surface area contributed by atoms with E-state index < -0.39 is 0 Å². The average molecular weight is 108 g/mol. The van der Waals surface area contributed by atoms with E-state index in [1.807, 2.05) is 12.1 Å². The van der Waals surface area contributed by atoms with Gasteiger partial charge in [-0.05, 0) is 8.58 Å². The molecule has 3 heteroatoms. The number of hydrogen-bond acceptors (Lipinski definition) is 2. The zero-order valence-electron chi connectivity index (χ0n) is 3.39. The molecule has 0 saturated heterocycles. The minimum absolute atomic E-state index is 0.427. The van der Waals surface area contributed by atoms with Gasteiger partial charge < -0.3 is 0 Å². The highest BCUT2D eigenvalue weighted by atomic mass is 31.1. The molecule has 0 aliphatic carbocycles. The van der Waals surface area contributed by atoms with Gasteiger partial charge in [0.05, 0.1) is 10.6 Å². The molecular weight excluding hydrogens is 107 g/mol. The van der Waals surface area contributed by atoms with Crippen molar-refractivity contribution in [3.05, 3.63) is 10.6 Å². The van der Waals surface area contributed by atoms with Crippen molar-refractivity contribution in [3.63, 3.8) is 0 Å². The third-order valence-corrected chi connectivity index (χ3v) is 1.63. The SMILES string of the molecule is N#CC1=C(C#N)P1. The van der Waals surface area contributed by atoms with Gasteiger partial charge in [0.1, 0.15) is 12.1 Å². The van der Waals surface area contributed by atoms with Crippen molar-refractivity contribution in [2.24, 2.45) is 0 Å². The average Bonchev–Trinajstić information content (AvgIpc) is 2.43. The van der Waals surface area contributed by atoms with Crippen molar-refractivity contribution in [2.75, 3.05) is 0 Å². The van der Waals surface area contributed by atoms with Gasteiger partial charge in [-0.25, -0.2) is 0 Å². The Kier molecular flexibility index (Phi) is 0.823. The first-order valence-electron chi connectivity index (χ1n) is 1.70. The van der Waals surface area contributed by atoms with Crippen molar-refractivity contribution in [1.82, 2.24) is 0 Å². The zero-order chi connectivity index (χ0) is 5.28. The molecule has 0 unspecified atom stereocenters. The second-order valence-corrected chi connectivity index (χ2v) is 2.35. The van der Waals surface area contributed by atoms with Crippen LogP contribution in [0.3, 0.4) is 0 Å². The monoisotopic (exact) mass is 108 g/mol. The summed E-state index contributed by atoms with van der Waals surface area (Å²) in [5.74, 6) is 0. The molecule has 1 aliphatic rings. The van der Waals surface area contributed by atoms with Gasteiger partial charge in [-0.3, -0.25) is 0 Å². The Labute approximate surface area is 42.8 Å². The smallest absolute Gasteiger partial charge is 0.101 e. The van der Waals surface area contributed by atoms with Crippen LogP contribution in [-0.4, -0.2) is 0 Å². The fourth-order valence-electron chi connectivity index (χ4n) is 0.261. The first kappa shape index (κ1) is 4.31. The van der Waals surface area contributed by atoms with Crippen LogP contribution < -0.4 is 0 Å². The number of rotatable bonds is 0. The first-order valence-corrected chi connectivity index (χ1v) is 2.70. The molecular formula is C4HN2P. The van der Waals surface area contributed by atoms with Crippen LogP contribution in [0.25, 0.3) is 0 Å². The van der Waals surface area contributed by atoms with Crippen LogP contribution in [0.15, 0.2) is 10.6 Å². The largest absolute Gasteiger partial charge is 0.192 e. The molecule has 0 atom stereocenters. The molecule has 0 bridgehead atoms. The van der Waals surface area contributed by atoms with Gasteiger partial charge in [-0.1, -0.05) is 0 Å². The summed E-state index contributed by atoms with van der Waals surface area (Å²) in [6, 6.07) is 3.82. The molecule has 1 heterocycles. The van der Waals surface area contributed by atoms with Crippen LogP contribution in [-0.2, 0) is 0 Å². The summed E-state index contributed by atoms with van der Waals surface area (Å²) in [6.07, 6.45) is 0. The third-order valence-electron chi connectivity index (χ3n) is 0.661. The fraction of sp³-hybridized carbons (Fsp3) is 0. The van der Waals surface area contributed by atoms with E-state index >= 15 is 0 Å². The van der Waals surface area contributed by atoms with E-state index in [1.54, 1.807) is 0 Å².